The summed E-state index contributed by atoms with van der Waals surface area (Å²) in [5.74, 6) is 0. The Hall–Kier alpha value is 0.270. The highest BCUT2D eigenvalue weighted by Gasteiger charge is 2.77. The molecule has 3 saturated carbocycles. The first-order valence-electron chi connectivity index (χ1n) is 3.13. The van der Waals surface area contributed by atoms with E-state index in [0.717, 1.165) is 0 Å². The summed E-state index contributed by atoms with van der Waals surface area (Å²) in [6, 6.07) is 0. The highest BCUT2D eigenvalue weighted by molar-refractivity contribution is 9.10. The Morgan fingerprint density at radius 1 is 1.10 bits per heavy atom. The molecule has 0 atom stereocenters. The van der Waals surface area contributed by atoms with Gasteiger partial charge in [0, 0.05) is 4.32 Å². The molecule has 0 aromatic rings. The van der Waals surface area contributed by atoms with Gasteiger partial charge >= 0.3 is 6.18 Å². The molecule has 0 aliphatic heterocycles. The molecule has 0 unspecified atom stereocenters. The molecule has 2 bridgehead atoms. The van der Waals surface area contributed by atoms with Crippen LogP contribution in [0.2, 0.25) is 0 Å². The fourth-order valence-electron chi connectivity index (χ4n) is 1.96. The predicted octanol–water partition coefficient (Wildman–Crippen LogP) is 2.87. The third-order valence-corrected chi connectivity index (χ3v) is 3.41. The number of hydrogen-bond donors (Lipinski definition) is 0. The lowest BCUT2D eigenvalue weighted by molar-refractivity contribution is -0.311. The third-order valence-electron chi connectivity index (χ3n) is 2.57. The summed E-state index contributed by atoms with van der Waals surface area (Å²) in [7, 11) is 0. The number of halogens is 4. The van der Waals surface area contributed by atoms with Crippen LogP contribution in [0.25, 0.3) is 0 Å². The van der Waals surface area contributed by atoms with Crippen molar-refractivity contribution >= 4 is 15.9 Å². The van der Waals surface area contributed by atoms with E-state index in [9.17, 15) is 13.2 Å². The maximum Gasteiger partial charge on any atom is 0.394 e. The van der Waals surface area contributed by atoms with E-state index in [2.05, 4.69) is 15.9 Å². The van der Waals surface area contributed by atoms with E-state index in [1.165, 1.54) is 0 Å². The topological polar surface area (TPSA) is 0 Å². The van der Waals surface area contributed by atoms with Crippen LogP contribution in [-0.2, 0) is 0 Å². The lowest BCUT2D eigenvalue weighted by Gasteiger charge is -2.67. The molecular weight excluding hydrogens is 209 g/mol. The molecular formula is C6H6BrF3. The molecule has 3 fully saturated rings. The minimum atomic E-state index is -3.96. The molecule has 58 valence electrons. The van der Waals surface area contributed by atoms with Crippen molar-refractivity contribution in [2.75, 3.05) is 0 Å². The Morgan fingerprint density at radius 3 is 1.60 bits per heavy atom. The van der Waals surface area contributed by atoms with Gasteiger partial charge in [-0.15, -0.1) is 0 Å². The smallest absolute Gasteiger partial charge is 0.171 e. The molecule has 3 aliphatic carbocycles. The molecule has 0 radical (unpaired) electrons. The summed E-state index contributed by atoms with van der Waals surface area (Å²) >= 11 is 3.26. The fourth-order valence-corrected chi connectivity index (χ4v) is 3.57. The summed E-state index contributed by atoms with van der Waals surface area (Å²) < 4.78 is 36.1. The van der Waals surface area contributed by atoms with Gasteiger partial charge in [-0.2, -0.15) is 13.2 Å². The van der Waals surface area contributed by atoms with Crippen LogP contribution in [0.1, 0.15) is 19.3 Å². The van der Waals surface area contributed by atoms with E-state index < -0.39 is 11.6 Å². The van der Waals surface area contributed by atoms with Crippen molar-refractivity contribution in [2.45, 2.75) is 29.8 Å². The quantitative estimate of drug-likeness (QED) is 0.545. The Labute approximate surface area is 64.9 Å². The van der Waals surface area contributed by atoms with Crippen LogP contribution < -0.4 is 0 Å². The van der Waals surface area contributed by atoms with Crippen LogP contribution in [0.5, 0.6) is 0 Å². The fraction of sp³-hybridized carbons (Fsp3) is 1.00. The van der Waals surface area contributed by atoms with Gasteiger partial charge in [0.1, 0.15) is 0 Å². The zero-order chi connectivity index (χ0) is 7.62. The van der Waals surface area contributed by atoms with Crippen molar-refractivity contribution in [1.29, 1.82) is 0 Å². The van der Waals surface area contributed by atoms with E-state index >= 15 is 0 Å². The predicted molar refractivity (Wildman–Crippen MR) is 34.0 cm³/mol. The second-order valence-electron chi connectivity index (χ2n) is 3.46. The first kappa shape index (κ1) is 6.95. The van der Waals surface area contributed by atoms with Gasteiger partial charge in [0.2, 0.25) is 0 Å². The van der Waals surface area contributed by atoms with Gasteiger partial charge in [0.05, 0.1) is 5.41 Å². The molecule has 3 aliphatic rings. The van der Waals surface area contributed by atoms with Gasteiger partial charge < -0.3 is 0 Å². The zero-order valence-corrected chi connectivity index (χ0v) is 6.72. The second kappa shape index (κ2) is 1.40. The van der Waals surface area contributed by atoms with Gasteiger partial charge in [-0.1, -0.05) is 15.9 Å². The SMILES string of the molecule is FC(F)(F)C12CC(Br)(C1)C2. The van der Waals surface area contributed by atoms with E-state index in [-0.39, 0.29) is 4.32 Å². The molecule has 10 heavy (non-hydrogen) atoms. The highest BCUT2D eigenvalue weighted by atomic mass is 79.9. The molecule has 0 N–H and O–H groups in total. The summed E-state index contributed by atoms with van der Waals surface area (Å²) in [4.78, 5) is 0. The average molecular weight is 215 g/mol. The molecule has 0 aromatic carbocycles. The van der Waals surface area contributed by atoms with Gasteiger partial charge in [-0.25, -0.2) is 0 Å². The van der Waals surface area contributed by atoms with E-state index in [0.29, 0.717) is 19.3 Å². The lowest BCUT2D eigenvalue weighted by Crippen LogP contribution is -2.69. The van der Waals surface area contributed by atoms with E-state index in [1.54, 1.807) is 0 Å². The van der Waals surface area contributed by atoms with Crippen molar-refractivity contribution in [3.8, 4) is 0 Å². The number of alkyl halides is 4. The van der Waals surface area contributed by atoms with Crippen molar-refractivity contribution in [3.05, 3.63) is 0 Å². The first-order chi connectivity index (χ1) is 4.37. The van der Waals surface area contributed by atoms with Gasteiger partial charge in [0.15, 0.2) is 0 Å². The number of hydrogen-bond acceptors (Lipinski definition) is 0. The summed E-state index contributed by atoms with van der Waals surface area (Å²) in [6.45, 7) is 0. The number of rotatable bonds is 0. The van der Waals surface area contributed by atoms with Crippen molar-refractivity contribution in [2.24, 2.45) is 5.41 Å². The van der Waals surface area contributed by atoms with Gasteiger partial charge in [0.25, 0.3) is 0 Å². The summed E-state index contributed by atoms with van der Waals surface area (Å²) in [5, 5.41) is 0. The minimum Gasteiger partial charge on any atom is -0.171 e. The van der Waals surface area contributed by atoms with Crippen LogP contribution in [0.15, 0.2) is 0 Å². The average Bonchev–Trinajstić information content (AvgIpc) is 1.51. The molecule has 0 heterocycles. The largest absolute Gasteiger partial charge is 0.394 e. The summed E-state index contributed by atoms with van der Waals surface area (Å²) in [5.41, 5.74) is -1.28. The van der Waals surface area contributed by atoms with Crippen LogP contribution in [0, 0.1) is 5.41 Å². The molecule has 0 aromatic heterocycles. The maximum absolute atomic E-state index is 12.1. The Bertz CT molecular complexity index is 164. The van der Waals surface area contributed by atoms with E-state index in [1.807, 2.05) is 0 Å². The maximum atomic E-state index is 12.1. The van der Waals surface area contributed by atoms with Crippen molar-refractivity contribution in [3.63, 3.8) is 0 Å². The molecule has 0 saturated heterocycles. The second-order valence-corrected chi connectivity index (χ2v) is 5.14. The Balaban J connectivity index is 2.11. The van der Waals surface area contributed by atoms with Crippen LogP contribution >= 0.6 is 15.9 Å². The van der Waals surface area contributed by atoms with E-state index in [4.69, 9.17) is 0 Å². The highest BCUT2D eigenvalue weighted by Crippen LogP contribution is 2.76. The Morgan fingerprint density at radius 2 is 1.50 bits per heavy atom. The van der Waals surface area contributed by atoms with Gasteiger partial charge in [-0.05, 0) is 19.3 Å². The normalized spacial score (nSPS) is 51.6. The summed E-state index contributed by atoms with van der Waals surface area (Å²) in [6.07, 6.45) is -3.07. The molecule has 4 heteroatoms. The Kier molecular flexibility index (Phi) is 0.974. The molecule has 0 nitrogen and oxygen atoms in total. The minimum absolute atomic E-state index is 0.123. The monoisotopic (exact) mass is 214 g/mol. The molecule has 0 amide bonds. The van der Waals surface area contributed by atoms with Gasteiger partial charge in [-0.3, -0.25) is 0 Å². The standard InChI is InChI=1S/C6H6BrF3/c7-5-1-4(2-5,3-5)6(8,9)10/h1-3H2. The zero-order valence-electron chi connectivity index (χ0n) is 5.13. The first-order valence-corrected chi connectivity index (χ1v) is 3.92. The van der Waals surface area contributed by atoms with Crippen LogP contribution in [0.3, 0.4) is 0 Å². The third kappa shape index (κ3) is 0.588. The van der Waals surface area contributed by atoms with Crippen LogP contribution in [-0.4, -0.2) is 10.5 Å². The van der Waals surface area contributed by atoms with Crippen molar-refractivity contribution < 1.29 is 13.2 Å². The van der Waals surface area contributed by atoms with Crippen LogP contribution in [0.4, 0.5) is 13.2 Å². The molecule has 0 spiro atoms. The lowest BCUT2D eigenvalue weighted by atomic mass is 9.44. The molecule has 3 rings (SSSR count). The van der Waals surface area contributed by atoms with Crippen molar-refractivity contribution in [1.82, 2.24) is 0 Å².